The summed E-state index contributed by atoms with van der Waals surface area (Å²) in [7, 11) is 3.20. The Balaban J connectivity index is 2.01. The van der Waals surface area contributed by atoms with Crippen LogP contribution in [-0.4, -0.2) is 79.5 Å². The molecule has 0 N–H and O–H groups in total. The minimum Gasteiger partial charge on any atom is -0.444 e. The van der Waals surface area contributed by atoms with Gasteiger partial charge in [0.2, 0.25) is 0 Å². The lowest BCUT2D eigenvalue weighted by atomic mass is 9.59. The topological polar surface area (TPSA) is 68.3 Å². The maximum atomic E-state index is 13.7. The first kappa shape index (κ1) is 26.6. The molecular weight excluding hydrogens is 432 g/mol. The summed E-state index contributed by atoms with van der Waals surface area (Å²) in [4.78, 5) is 31.2. The zero-order chi connectivity index (χ0) is 25.1. The van der Waals surface area contributed by atoms with E-state index in [4.69, 9.17) is 14.2 Å². The van der Waals surface area contributed by atoms with Gasteiger partial charge in [0.1, 0.15) is 11.6 Å². The van der Waals surface area contributed by atoms with Gasteiger partial charge in [-0.2, -0.15) is 0 Å². The molecule has 7 heteroatoms. The lowest BCUT2D eigenvalue weighted by Crippen LogP contribution is -2.61. The third kappa shape index (κ3) is 5.16. The first-order chi connectivity index (χ1) is 16.1. The van der Waals surface area contributed by atoms with Gasteiger partial charge in [-0.05, 0) is 83.5 Å². The fourth-order valence-electron chi connectivity index (χ4n) is 6.19. The van der Waals surface area contributed by atoms with E-state index in [-0.39, 0.29) is 17.7 Å². The Kier molecular flexibility index (Phi) is 8.43. The second-order valence-electron chi connectivity index (χ2n) is 10.8. The maximum Gasteiger partial charge on any atom is 0.411 e. The molecule has 0 aromatic heterocycles. The van der Waals surface area contributed by atoms with Crippen molar-refractivity contribution in [1.82, 2.24) is 9.80 Å². The van der Waals surface area contributed by atoms with Crippen LogP contribution in [0.3, 0.4) is 0 Å². The van der Waals surface area contributed by atoms with Crippen molar-refractivity contribution in [3.63, 3.8) is 0 Å². The Morgan fingerprint density at radius 1 is 1.26 bits per heavy atom. The number of likely N-dealkylation sites (tertiary alicyclic amines) is 2. The van der Waals surface area contributed by atoms with Gasteiger partial charge >= 0.3 is 6.09 Å². The van der Waals surface area contributed by atoms with Gasteiger partial charge < -0.3 is 19.1 Å². The average molecular weight is 475 g/mol. The lowest BCUT2D eigenvalue weighted by molar-refractivity contribution is -0.131. The Morgan fingerprint density at radius 2 is 1.97 bits per heavy atom. The van der Waals surface area contributed by atoms with E-state index < -0.39 is 29.4 Å². The molecule has 0 aromatic rings. The lowest BCUT2D eigenvalue weighted by Gasteiger charge is -2.52. The summed E-state index contributed by atoms with van der Waals surface area (Å²) < 4.78 is 17.0. The number of ether oxygens (including phenoxy) is 3. The third-order valence-corrected chi connectivity index (χ3v) is 7.41. The van der Waals surface area contributed by atoms with Gasteiger partial charge in [-0.15, -0.1) is 13.2 Å². The smallest absolute Gasteiger partial charge is 0.411 e. The van der Waals surface area contributed by atoms with Crippen molar-refractivity contribution in [3.8, 4) is 0 Å². The molecule has 34 heavy (non-hydrogen) atoms. The second kappa shape index (κ2) is 10.8. The van der Waals surface area contributed by atoms with Crippen LogP contribution in [0, 0.1) is 11.3 Å². The van der Waals surface area contributed by atoms with Crippen LogP contribution in [0.2, 0.25) is 0 Å². The van der Waals surface area contributed by atoms with Crippen LogP contribution in [-0.2, 0) is 19.0 Å². The van der Waals surface area contributed by atoms with E-state index in [1.54, 1.807) is 31.3 Å². The number of hydrogen-bond donors (Lipinski definition) is 0. The van der Waals surface area contributed by atoms with Crippen molar-refractivity contribution in [2.75, 3.05) is 33.9 Å². The normalized spacial score (nSPS) is 29.5. The van der Waals surface area contributed by atoms with Crippen LogP contribution in [0.15, 0.2) is 37.0 Å². The fraction of sp³-hybridized carbons (Fsp3) is 0.704. The van der Waals surface area contributed by atoms with Crippen LogP contribution in [0.25, 0.3) is 0 Å². The number of nitrogens with zero attached hydrogens (tertiary/aromatic N) is 2. The standard InChI is InChI=1S/C27H42N2O5/c1-8-10-11-12-14-28-15-13-21-20(24(32-6)33-7)16-22(30)23-27(21,18-28)17-19(9-2)29(23)25(31)34-26(3,4)5/h8-9,16,19,21,23-24H,1-2,10-15,17-18H2,3-7H3/t19-,21-,23-,27-/m0/s1. The molecular formula is C27H42N2O5. The van der Waals surface area contributed by atoms with Crippen LogP contribution >= 0.6 is 0 Å². The van der Waals surface area contributed by atoms with Gasteiger partial charge in [0.15, 0.2) is 12.1 Å². The zero-order valence-electron chi connectivity index (χ0n) is 21.5. The molecule has 0 unspecified atom stereocenters. The van der Waals surface area contributed by atoms with E-state index in [0.717, 1.165) is 50.9 Å². The number of unbranched alkanes of at least 4 members (excludes halogenated alkanes) is 2. The number of piperidine rings is 1. The van der Waals surface area contributed by atoms with Gasteiger partial charge in [-0.1, -0.05) is 12.2 Å². The summed E-state index contributed by atoms with van der Waals surface area (Å²) in [6, 6.07) is -0.868. The molecule has 1 aliphatic carbocycles. The zero-order valence-corrected chi connectivity index (χ0v) is 21.5. The van der Waals surface area contributed by atoms with Crippen molar-refractivity contribution in [1.29, 1.82) is 0 Å². The number of hydrogen-bond acceptors (Lipinski definition) is 6. The van der Waals surface area contributed by atoms with E-state index >= 15 is 0 Å². The summed E-state index contributed by atoms with van der Waals surface area (Å²) in [6.07, 6.45) is 9.09. The van der Waals surface area contributed by atoms with Gasteiger partial charge in [-0.25, -0.2) is 4.79 Å². The first-order valence-electron chi connectivity index (χ1n) is 12.4. The summed E-state index contributed by atoms with van der Waals surface area (Å²) in [5, 5.41) is 0. The van der Waals surface area contributed by atoms with Gasteiger partial charge in [0, 0.05) is 26.2 Å². The number of carbonyl (C=O) groups is 2. The number of amides is 1. The monoisotopic (exact) mass is 474 g/mol. The fourth-order valence-corrected chi connectivity index (χ4v) is 6.19. The third-order valence-electron chi connectivity index (χ3n) is 7.41. The highest BCUT2D eigenvalue weighted by atomic mass is 16.7. The van der Waals surface area contributed by atoms with Crippen molar-refractivity contribution < 1.29 is 23.8 Å². The van der Waals surface area contributed by atoms with Crippen molar-refractivity contribution >= 4 is 11.9 Å². The number of methoxy groups -OCH3 is 2. The van der Waals surface area contributed by atoms with E-state index in [0.29, 0.717) is 6.42 Å². The van der Waals surface area contributed by atoms with Crippen LogP contribution in [0.4, 0.5) is 4.79 Å². The van der Waals surface area contributed by atoms with Crippen molar-refractivity contribution in [2.24, 2.45) is 11.3 Å². The molecule has 7 nitrogen and oxygen atoms in total. The molecule has 2 aliphatic heterocycles. The number of allylic oxidation sites excluding steroid dienone is 1. The quantitative estimate of drug-likeness (QED) is 0.281. The molecule has 0 bridgehead atoms. The Labute approximate surface area is 204 Å². The highest BCUT2D eigenvalue weighted by molar-refractivity contribution is 5.99. The minimum absolute atomic E-state index is 0.0689. The number of carbonyl (C=O) groups excluding carboxylic acids is 2. The highest BCUT2D eigenvalue weighted by Gasteiger charge is 2.64. The Hall–Kier alpha value is -1.96. The summed E-state index contributed by atoms with van der Waals surface area (Å²) >= 11 is 0. The first-order valence-corrected chi connectivity index (χ1v) is 12.4. The van der Waals surface area contributed by atoms with E-state index in [1.807, 2.05) is 26.8 Å². The molecule has 1 amide bonds. The number of ketones is 1. The molecule has 2 fully saturated rings. The van der Waals surface area contributed by atoms with Gasteiger partial charge in [0.25, 0.3) is 0 Å². The SMILES string of the molecule is C=CCCCCN1CC[C@H]2C(C(OC)OC)=CC(=O)[C@@H]3N(C(=O)OC(C)(C)C)[C@@H](C=C)C[C@@]32C1. The highest BCUT2D eigenvalue weighted by Crippen LogP contribution is 2.56. The molecule has 4 atom stereocenters. The molecule has 0 aromatic carbocycles. The van der Waals surface area contributed by atoms with E-state index in [9.17, 15) is 9.59 Å². The summed E-state index contributed by atoms with van der Waals surface area (Å²) in [5.41, 5.74) is -0.216. The Morgan fingerprint density at radius 3 is 2.56 bits per heavy atom. The van der Waals surface area contributed by atoms with Crippen LogP contribution in [0.1, 0.15) is 52.9 Å². The largest absolute Gasteiger partial charge is 0.444 e. The van der Waals surface area contributed by atoms with E-state index in [1.165, 1.54) is 0 Å². The van der Waals surface area contributed by atoms with Crippen molar-refractivity contribution in [3.05, 3.63) is 37.0 Å². The van der Waals surface area contributed by atoms with E-state index in [2.05, 4.69) is 18.1 Å². The second-order valence-corrected chi connectivity index (χ2v) is 10.8. The Bertz CT molecular complexity index is 812. The van der Waals surface area contributed by atoms with Crippen molar-refractivity contribution in [2.45, 2.75) is 76.9 Å². The minimum atomic E-state index is -0.655. The molecule has 2 heterocycles. The molecule has 190 valence electrons. The summed E-state index contributed by atoms with van der Waals surface area (Å²) in [5.74, 6) is -0.0199. The molecule has 2 saturated heterocycles. The molecule has 3 aliphatic rings. The number of rotatable bonds is 9. The molecule has 1 spiro atoms. The summed E-state index contributed by atoms with van der Waals surface area (Å²) in [6.45, 7) is 16.0. The van der Waals surface area contributed by atoms with Crippen LogP contribution < -0.4 is 0 Å². The predicted octanol–water partition coefficient (Wildman–Crippen LogP) is 4.34. The van der Waals surface area contributed by atoms with Crippen LogP contribution in [0.5, 0.6) is 0 Å². The molecule has 0 saturated carbocycles. The van der Waals surface area contributed by atoms with Gasteiger partial charge in [0.05, 0.1) is 6.04 Å². The van der Waals surface area contributed by atoms with Gasteiger partial charge in [-0.3, -0.25) is 9.69 Å². The molecule has 3 rings (SSSR count). The average Bonchev–Trinajstić information content (AvgIpc) is 3.11. The predicted molar refractivity (Wildman–Crippen MR) is 132 cm³/mol. The maximum absolute atomic E-state index is 13.7. The molecule has 0 radical (unpaired) electrons.